The zero-order chi connectivity index (χ0) is 13.9. The molecule has 0 radical (unpaired) electrons. The highest BCUT2D eigenvalue weighted by molar-refractivity contribution is 5.94. The molecule has 0 aliphatic carbocycles. The van der Waals surface area contributed by atoms with Crippen molar-refractivity contribution in [2.24, 2.45) is 0 Å². The lowest BCUT2D eigenvalue weighted by Gasteiger charge is -2.39. The van der Waals surface area contributed by atoms with Gasteiger partial charge < -0.3 is 15.0 Å². The maximum absolute atomic E-state index is 12.4. The number of rotatable bonds is 3. The molecule has 0 unspecified atom stereocenters. The molecule has 0 spiro atoms. The Bertz CT molecular complexity index is 440. The first kappa shape index (κ1) is 13.9. The van der Waals surface area contributed by atoms with E-state index in [1.807, 2.05) is 36.1 Å². The fraction of sp³-hybridized carbons (Fsp3) is 0.533. The molecule has 0 aromatic heterocycles. The molecule has 4 nitrogen and oxygen atoms in total. The monoisotopic (exact) mass is 262 g/mol. The number of piperazine rings is 1. The molecule has 1 aliphatic rings. The third kappa shape index (κ3) is 3.47. The average molecular weight is 262 g/mol. The van der Waals surface area contributed by atoms with Crippen LogP contribution in [0.4, 0.5) is 0 Å². The second-order valence-electron chi connectivity index (χ2n) is 5.49. The maximum Gasteiger partial charge on any atom is 0.253 e. The zero-order valence-corrected chi connectivity index (χ0v) is 11.9. The summed E-state index contributed by atoms with van der Waals surface area (Å²) in [5.74, 6) is 0.900. The average Bonchev–Trinajstić information content (AvgIpc) is 2.38. The van der Waals surface area contributed by atoms with Crippen molar-refractivity contribution >= 4 is 5.91 Å². The molecule has 0 atom stereocenters. The first-order valence-electron chi connectivity index (χ1n) is 6.79. The predicted molar refractivity (Wildman–Crippen MR) is 75.6 cm³/mol. The molecule has 0 saturated carbocycles. The molecule has 1 N–H and O–H groups in total. The molecule has 1 heterocycles. The van der Waals surface area contributed by atoms with Crippen molar-refractivity contribution in [3.63, 3.8) is 0 Å². The lowest BCUT2D eigenvalue weighted by Crippen LogP contribution is -2.58. The van der Waals surface area contributed by atoms with Crippen molar-refractivity contribution in [1.82, 2.24) is 10.2 Å². The van der Waals surface area contributed by atoms with E-state index in [1.165, 1.54) is 0 Å². The van der Waals surface area contributed by atoms with E-state index in [4.69, 9.17) is 4.74 Å². The van der Waals surface area contributed by atoms with Gasteiger partial charge in [0.1, 0.15) is 5.75 Å². The molecular formula is C15H22N2O2. The first-order chi connectivity index (χ1) is 9.02. The van der Waals surface area contributed by atoms with E-state index in [-0.39, 0.29) is 11.4 Å². The van der Waals surface area contributed by atoms with Crippen LogP contribution in [0.2, 0.25) is 0 Å². The summed E-state index contributed by atoms with van der Waals surface area (Å²) in [4.78, 5) is 14.3. The van der Waals surface area contributed by atoms with Gasteiger partial charge in [-0.15, -0.1) is 0 Å². The molecule has 1 fully saturated rings. The van der Waals surface area contributed by atoms with E-state index < -0.39 is 0 Å². The van der Waals surface area contributed by atoms with Gasteiger partial charge in [-0.1, -0.05) is 0 Å². The minimum Gasteiger partial charge on any atom is -0.494 e. The Kier molecular flexibility index (Phi) is 4.10. The molecule has 2 rings (SSSR count). The van der Waals surface area contributed by atoms with Gasteiger partial charge >= 0.3 is 0 Å². The second kappa shape index (κ2) is 5.61. The van der Waals surface area contributed by atoms with Crippen molar-refractivity contribution in [3.8, 4) is 5.75 Å². The Morgan fingerprint density at radius 2 is 2.05 bits per heavy atom. The number of nitrogens with zero attached hydrogens (tertiary/aromatic N) is 1. The number of carbonyl (C=O) groups is 1. The summed E-state index contributed by atoms with van der Waals surface area (Å²) in [6.07, 6.45) is 0. The van der Waals surface area contributed by atoms with Crippen LogP contribution in [0.15, 0.2) is 24.3 Å². The van der Waals surface area contributed by atoms with Crippen LogP contribution in [0.1, 0.15) is 31.1 Å². The highest BCUT2D eigenvalue weighted by atomic mass is 16.5. The summed E-state index contributed by atoms with van der Waals surface area (Å²) < 4.78 is 5.38. The van der Waals surface area contributed by atoms with Crippen molar-refractivity contribution in [2.45, 2.75) is 26.3 Å². The van der Waals surface area contributed by atoms with Crippen molar-refractivity contribution in [3.05, 3.63) is 29.8 Å². The van der Waals surface area contributed by atoms with Crippen LogP contribution in [-0.2, 0) is 0 Å². The first-order valence-corrected chi connectivity index (χ1v) is 6.79. The predicted octanol–water partition coefficient (Wildman–Crippen LogP) is 1.91. The standard InChI is InChI=1S/C15H22N2O2/c1-4-19-13-7-5-12(6-8-13)14(18)17-10-9-16-15(2,3)11-17/h5-8,16H,4,9-11H2,1-3H3. The number of amides is 1. The minimum atomic E-state index is -0.0147. The number of hydrogen-bond acceptors (Lipinski definition) is 3. The van der Waals surface area contributed by atoms with Crippen molar-refractivity contribution in [2.75, 3.05) is 26.2 Å². The third-order valence-corrected chi connectivity index (χ3v) is 3.27. The van der Waals surface area contributed by atoms with Gasteiger partial charge in [-0.25, -0.2) is 0 Å². The summed E-state index contributed by atoms with van der Waals surface area (Å²) in [6, 6.07) is 7.37. The van der Waals surface area contributed by atoms with Crippen LogP contribution < -0.4 is 10.1 Å². The highest BCUT2D eigenvalue weighted by Crippen LogP contribution is 2.16. The van der Waals surface area contributed by atoms with E-state index in [1.54, 1.807) is 0 Å². The molecule has 1 amide bonds. The Balaban J connectivity index is 2.06. The van der Waals surface area contributed by atoms with Crippen LogP contribution in [0.3, 0.4) is 0 Å². The minimum absolute atomic E-state index is 0.0147. The highest BCUT2D eigenvalue weighted by Gasteiger charge is 2.28. The van der Waals surface area contributed by atoms with Crippen LogP contribution in [-0.4, -0.2) is 42.6 Å². The van der Waals surface area contributed by atoms with Crippen LogP contribution in [0, 0.1) is 0 Å². The van der Waals surface area contributed by atoms with Gasteiger partial charge in [-0.2, -0.15) is 0 Å². The van der Waals surface area contributed by atoms with E-state index in [9.17, 15) is 4.79 Å². The summed E-state index contributed by atoms with van der Waals surface area (Å²) in [5.41, 5.74) is 0.709. The van der Waals surface area contributed by atoms with E-state index in [0.29, 0.717) is 6.61 Å². The van der Waals surface area contributed by atoms with Crippen molar-refractivity contribution in [1.29, 1.82) is 0 Å². The SMILES string of the molecule is CCOc1ccc(C(=O)N2CCNC(C)(C)C2)cc1. The number of carbonyl (C=O) groups excluding carboxylic acids is 1. The third-order valence-electron chi connectivity index (χ3n) is 3.27. The van der Waals surface area contributed by atoms with Crippen LogP contribution >= 0.6 is 0 Å². The van der Waals surface area contributed by atoms with Gasteiger partial charge in [0, 0.05) is 30.7 Å². The Labute approximate surface area is 114 Å². The van der Waals surface area contributed by atoms with Crippen molar-refractivity contribution < 1.29 is 9.53 Å². The number of nitrogens with one attached hydrogen (secondary N) is 1. The zero-order valence-electron chi connectivity index (χ0n) is 11.9. The largest absolute Gasteiger partial charge is 0.494 e. The molecule has 0 bridgehead atoms. The molecule has 19 heavy (non-hydrogen) atoms. The van der Waals surface area contributed by atoms with Crippen LogP contribution in [0.5, 0.6) is 5.75 Å². The van der Waals surface area contributed by atoms with E-state index >= 15 is 0 Å². The Hall–Kier alpha value is -1.55. The van der Waals surface area contributed by atoms with Gasteiger partial charge in [0.25, 0.3) is 5.91 Å². The molecule has 1 aliphatic heterocycles. The van der Waals surface area contributed by atoms with E-state index in [0.717, 1.165) is 30.9 Å². The second-order valence-corrected chi connectivity index (χ2v) is 5.49. The number of ether oxygens (including phenoxy) is 1. The normalized spacial score (nSPS) is 18.2. The van der Waals surface area contributed by atoms with Gasteiger partial charge in [0.2, 0.25) is 0 Å². The molecule has 1 aromatic rings. The Morgan fingerprint density at radius 1 is 1.37 bits per heavy atom. The number of benzene rings is 1. The molecule has 1 saturated heterocycles. The lowest BCUT2D eigenvalue weighted by atomic mass is 10.0. The Morgan fingerprint density at radius 3 is 2.63 bits per heavy atom. The fourth-order valence-electron chi connectivity index (χ4n) is 2.36. The molecule has 1 aromatic carbocycles. The molecular weight excluding hydrogens is 240 g/mol. The van der Waals surface area contributed by atoms with Gasteiger partial charge in [-0.05, 0) is 45.0 Å². The van der Waals surface area contributed by atoms with E-state index in [2.05, 4.69) is 19.2 Å². The quantitative estimate of drug-likeness (QED) is 0.904. The molecule has 4 heteroatoms. The topological polar surface area (TPSA) is 41.6 Å². The van der Waals surface area contributed by atoms with Gasteiger partial charge in [0.15, 0.2) is 0 Å². The summed E-state index contributed by atoms with van der Waals surface area (Å²) in [7, 11) is 0. The smallest absolute Gasteiger partial charge is 0.253 e. The fourth-order valence-corrected chi connectivity index (χ4v) is 2.36. The van der Waals surface area contributed by atoms with Gasteiger partial charge in [0.05, 0.1) is 6.61 Å². The maximum atomic E-state index is 12.4. The number of hydrogen-bond donors (Lipinski definition) is 1. The summed E-state index contributed by atoms with van der Waals surface area (Å²) >= 11 is 0. The summed E-state index contributed by atoms with van der Waals surface area (Å²) in [6.45, 7) is 9.15. The molecule has 104 valence electrons. The van der Waals surface area contributed by atoms with Crippen LogP contribution in [0.25, 0.3) is 0 Å². The summed E-state index contributed by atoms with van der Waals surface area (Å²) in [5, 5.41) is 3.41. The lowest BCUT2D eigenvalue weighted by molar-refractivity contribution is 0.0652. The van der Waals surface area contributed by atoms with Gasteiger partial charge in [-0.3, -0.25) is 4.79 Å².